The summed E-state index contributed by atoms with van der Waals surface area (Å²) < 4.78 is 5.04. The van der Waals surface area contributed by atoms with Gasteiger partial charge in [0, 0.05) is 38.8 Å². The number of benzene rings is 1. The summed E-state index contributed by atoms with van der Waals surface area (Å²) in [7, 11) is 3.50. The van der Waals surface area contributed by atoms with E-state index in [4.69, 9.17) is 16.3 Å². The number of likely N-dealkylation sites (tertiary alicyclic amines) is 1. The highest BCUT2D eigenvalue weighted by Crippen LogP contribution is 2.21. The first-order valence-corrected chi connectivity index (χ1v) is 9.00. The number of hydrogen-bond acceptors (Lipinski definition) is 3. The first kappa shape index (κ1) is 19.0. The molecule has 1 aliphatic rings. The third-order valence-electron chi connectivity index (χ3n) is 4.44. The molecule has 0 bridgehead atoms. The zero-order valence-corrected chi connectivity index (χ0v) is 15.5. The monoisotopic (exact) mass is 352 g/mol. The zero-order chi connectivity index (χ0) is 17.2. The van der Waals surface area contributed by atoms with Crippen molar-refractivity contribution in [1.82, 2.24) is 15.5 Å². The van der Waals surface area contributed by atoms with Crippen LogP contribution in [0, 0.1) is 5.92 Å². The van der Waals surface area contributed by atoms with Crippen molar-refractivity contribution in [2.24, 2.45) is 10.9 Å². The number of rotatable bonds is 7. The second-order valence-electron chi connectivity index (χ2n) is 6.18. The molecule has 0 atom stereocenters. The molecule has 2 rings (SSSR count). The first-order valence-electron chi connectivity index (χ1n) is 8.62. The molecule has 0 radical (unpaired) electrons. The Balaban J connectivity index is 1.68. The van der Waals surface area contributed by atoms with Gasteiger partial charge in [0.05, 0.1) is 6.61 Å². The van der Waals surface area contributed by atoms with E-state index in [0.29, 0.717) is 12.5 Å². The van der Waals surface area contributed by atoms with Gasteiger partial charge in [0.2, 0.25) is 0 Å². The Morgan fingerprint density at radius 1 is 1.29 bits per heavy atom. The van der Waals surface area contributed by atoms with Crippen LogP contribution >= 0.6 is 11.6 Å². The van der Waals surface area contributed by atoms with Crippen molar-refractivity contribution in [3.63, 3.8) is 0 Å². The Morgan fingerprint density at radius 3 is 2.71 bits per heavy atom. The molecule has 1 heterocycles. The van der Waals surface area contributed by atoms with Gasteiger partial charge in [-0.25, -0.2) is 0 Å². The molecule has 5 nitrogen and oxygen atoms in total. The number of guanidine groups is 1. The van der Waals surface area contributed by atoms with Crippen LogP contribution < -0.4 is 10.6 Å². The van der Waals surface area contributed by atoms with Crippen LogP contribution in [0.4, 0.5) is 0 Å². The highest BCUT2D eigenvalue weighted by atomic mass is 35.5. The predicted octanol–water partition coefficient (Wildman–Crippen LogP) is 2.36. The molecule has 1 saturated heterocycles. The van der Waals surface area contributed by atoms with E-state index < -0.39 is 0 Å². The summed E-state index contributed by atoms with van der Waals surface area (Å²) >= 11 is 6.26. The highest BCUT2D eigenvalue weighted by Gasteiger charge is 2.19. The lowest BCUT2D eigenvalue weighted by molar-refractivity contribution is 0.178. The quantitative estimate of drug-likeness (QED) is 0.449. The summed E-state index contributed by atoms with van der Waals surface area (Å²) in [5.74, 6) is 1.54. The third-order valence-corrected chi connectivity index (χ3v) is 4.81. The number of nitrogens with zero attached hydrogens (tertiary/aromatic N) is 2. The number of nitrogens with one attached hydrogen (secondary N) is 2. The molecule has 2 N–H and O–H groups in total. The first-order chi connectivity index (χ1) is 11.7. The maximum absolute atomic E-state index is 6.26. The summed E-state index contributed by atoms with van der Waals surface area (Å²) in [5, 5.41) is 7.53. The molecule has 0 amide bonds. The largest absolute Gasteiger partial charge is 0.383 e. The van der Waals surface area contributed by atoms with Gasteiger partial charge in [-0.2, -0.15) is 0 Å². The average Bonchev–Trinajstić information content (AvgIpc) is 2.61. The van der Waals surface area contributed by atoms with Crippen LogP contribution in [0.25, 0.3) is 0 Å². The Labute approximate surface area is 150 Å². The molecule has 0 aliphatic carbocycles. The van der Waals surface area contributed by atoms with Crippen LogP contribution in [-0.4, -0.2) is 57.8 Å². The predicted molar refractivity (Wildman–Crippen MR) is 101 cm³/mol. The van der Waals surface area contributed by atoms with E-state index in [2.05, 4.69) is 32.7 Å². The van der Waals surface area contributed by atoms with Gasteiger partial charge in [-0.1, -0.05) is 29.8 Å². The van der Waals surface area contributed by atoms with Crippen molar-refractivity contribution in [3.8, 4) is 0 Å². The molecular formula is C18H29ClN4O. The number of ether oxygens (including phenoxy) is 1. The highest BCUT2D eigenvalue weighted by molar-refractivity contribution is 6.31. The molecule has 1 aromatic rings. The molecule has 0 spiro atoms. The number of hydrogen-bond donors (Lipinski definition) is 2. The summed E-state index contributed by atoms with van der Waals surface area (Å²) in [5.41, 5.74) is 1.22. The van der Waals surface area contributed by atoms with E-state index in [9.17, 15) is 0 Å². The smallest absolute Gasteiger partial charge is 0.191 e. The maximum atomic E-state index is 6.26. The van der Waals surface area contributed by atoms with Gasteiger partial charge in [0.25, 0.3) is 0 Å². The zero-order valence-electron chi connectivity index (χ0n) is 14.7. The van der Waals surface area contributed by atoms with E-state index >= 15 is 0 Å². The van der Waals surface area contributed by atoms with Crippen molar-refractivity contribution < 1.29 is 4.74 Å². The molecule has 0 unspecified atom stereocenters. The molecule has 1 fully saturated rings. The Kier molecular flexibility index (Phi) is 8.36. The second-order valence-corrected chi connectivity index (χ2v) is 6.59. The van der Waals surface area contributed by atoms with Crippen molar-refractivity contribution in [1.29, 1.82) is 0 Å². The fourth-order valence-electron chi connectivity index (χ4n) is 2.95. The number of piperidine rings is 1. The van der Waals surface area contributed by atoms with Gasteiger partial charge >= 0.3 is 0 Å². The summed E-state index contributed by atoms with van der Waals surface area (Å²) in [6.45, 7) is 5.60. The van der Waals surface area contributed by atoms with Gasteiger partial charge in [0.15, 0.2) is 5.96 Å². The van der Waals surface area contributed by atoms with Gasteiger partial charge < -0.3 is 15.4 Å². The molecule has 24 heavy (non-hydrogen) atoms. The van der Waals surface area contributed by atoms with E-state index in [1.165, 1.54) is 18.4 Å². The van der Waals surface area contributed by atoms with E-state index in [1.54, 1.807) is 14.2 Å². The molecule has 1 aliphatic heterocycles. The Morgan fingerprint density at radius 2 is 2.04 bits per heavy atom. The molecule has 0 aromatic heterocycles. The third kappa shape index (κ3) is 6.30. The van der Waals surface area contributed by atoms with E-state index in [-0.39, 0.29) is 0 Å². The van der Waals surface area contributed by atoms with Crippen molar-refractivity contribution in [2.75, 3.05) is 46.9 Å². The van der Waals surface area contributed by atoms with Crippen LogP contribution in [0.5, 0.6) is 0 Å². The van der Waals surface area contributed by atoms with Crippen LogP contribution in [0.2, 0.25) is 5.02 Å². The van der Waals surface area contributed by atoms with Crippen LogP contribution in [0.1, 0.15) is 18.4 Å². The number of halogens is 1. The van der Waals surface area contributed by atoms with Gasteiger partial charge in [0.1, 0.15) is 0 Å². The minimum Gasteiger partial charge on any atom is -0.383 e. The van der Waals surface area contributed by atoms with Crippen LogP contribution in [-0.2, 0) is 11.3 Å². The minimum absolute atomic E-state index is 0.682. The lowest BCUT2D eigenvalue weighted by Crippen LogP contribution is -2.43. The number of methoxy groups -OCH3 is 1. The minimum atomic E-state index is 0.682. The molecule has 1 aromatic carbocycles. The summed E-state index contributed by atoms with van der Waals surface area (Å²) in [6.07, 6.45) is 2.40. The second kappa shape index (κ2) is 10.5. The fourth-order valence-corrected chi connectivity index (χ4v) is 3.14. The van der Waals surface area contributed by atoms with Crippen molar-refractivity contribution in [3.05, 3.63) is 34.9 Å². The molecule has 134 valence electrons. The topological polar surface area (TPSA) is 48.9 Å². The normalized spacial score (nSPS) is 17.0. The number of aliphatic imine (C=N–C) groups is 1. The van der Waals surface area contributed by atoms with Gasteiger partial charge in [-0.3, -0.25) is 9.89 Å². The molecule has 6 heteroatoms. The lowest BCUT2D eigenvalue weighted by atomic mass is 9.96. The van der Waals surface area contributed by atoms with Gasteiger partial charge in [-0.15, -0.1) is 0 Å². The van der Waals surface area contributed by atoms with Crippen LogP contribution in [0.15, 0.2) is 29.3 Å². The van der Waals surface area contributed by atoms with Crippen molar-refractivity contribution in [2.45, 2.75) is 19.4 Å². The van der Waals surface area contributed by atoms with E-state index in [0.717, 1.165) is 43.7 Å². The maximum Gasteiger partial charge on any atom is 0.191 e. The summed E-state index contributed by atoms with van der Waals surface area (Å²) in [4.78, 5) is 6.73. The Hall–Kier alpha value is -1.30. The summed E-state index contributed by atoms with van der Waals surface area (Å²) in [6, 6.07) is 8.12. The molecule has 0 saturated carbocycles. The molecular weight excluding hydrogens is 324 g/mol. The standard InChI is InChI=1S/C18H29ClN4O/c1-20-18(21-9-12-24-2)22-13-15-7-10-23(11-8-15)14-16-5-3-4-6-17(16)19/h3-6,15H,7-14H2,1-2H3,(H2,20,21,22). The Bertz CT molecular complexity index is 515. The van der Waals surface area contributed by atoms with Crippen LogP contribution in [0.3, 0.4) is 0 Å². The lowest BCUT2D eigenvalue weighted by Gasteiger charge is -2.32. The van der Waals surface area contributed by atoms with Gasteiger partial charge in [-0.05, 0) is 43.5 Å². The average molecular weight is 353 g/mol. The SMILES string of the molecule is CN=C(NCCOC)NCC1CCN(Cc2ccccc2Cl)CC1. The fraction of sp³-hybridized carbons (Fsp3) is 0.611. The van der Waals surface area contributed by atoms with E-state index in [1.807, 2.05) is 12.1 Å². The van der Waals surface area contributed by atoms with Crippen molar-refractivity contribution >= 4 is 17.6 Å².